The Morgan fingerprint density at radius 2 is 1.45 bits per heavy atom. The number of halogens is 3. The maximum Gasteiger partial charge on any atom is 0.253 e. The summed E-state index contributed by atoms with van der Waals surface area (Å²) in [6, 6.07) is 8.26. The fourth-order valence-electron chi connectivity index (χ4n) is 4.52. The van der Waals surface area contributed by atoms with Crippen LogP contribution < -0.4 is 11.1 Å². The van der Waals surface area contributed by atoms with E-state index in [9.17, 15) is 23.2 Å². The second-order valence-electron chi connectivity index (χ2n) is 10.5. The number of benzene rings is 2. The van der Waals surface area contributed by atoms with E-state index in [0.29, 0.717) is 30.8 Å². The van der Waals surface area contributed by atoms with Gasteiger partial charge in [0.15, 0.2) is 0 Å². The summed E-state index contributed by atoms with van der Waals surface area (Å²) in [7, 11) is 0. The number of rotatable bonds is 14. The van der Waals surface area contributed by atoms with Crippen molar-refractivity contribution in [3.8, 4) is 0 Å². The molecule has 0 bridgehead atoms. The van der Waals surface area contributed by atoms with Crippen molar-refractivity contribution >= 4 is 30.1 Å². The molecule has 0 radical (unpaired) electrons. The van der Waals surface area contributed by atoms with Gasteiger partial charge in [-0.3, -0.25) is 14.4 Å². The predicted octanol–water partition coefficient (Wildman–Crippen LogP) is 4.82. The molecule has 2 atom stereocenters. The Morgan fingerprint density at radius 3 is 1.98 bits per heavy atom. The SMILES string of the molecule is CCCN(CCC)C(=O)c1cccc(C(=O)N[C@@H](Cc2cc(F)cc(F)c2)CN(CC(C)C)C(=O)[C@H](C)N)c1.Cl. The normalized spacial score (nSPS) is 12.3. The van der Waals surface area contributed by atoms with E-state index in [1.165, 1.54) is 12.1 Å². The summed E-state index contributed by atoms with van der Waals surface area (Å²) in [4.78, 5) is 42.6. The maximum atomic E-state index is 13.9. The third-order valence-corrected chi connectivity index (χ3v) is 6.11. The van der Waals surface area contributed by atoms with Crippen molar-refractivity contribution in [2.45, 2.75) is 66.0 Å². The molecule has 0 aliphatic carbocycles. The molecule has 0 saturated heterocycles. The van der Waals surface area contributed by atoms with Crippen LogP contribution in [0.25, 0.3) is 0 Å². The Balaban J connectivity index is 0.00000800. The summed E-state index contributed by atoms with van der Waals surface area (Å²) in [5, 5.41) is 2.92. The quantitative estimate of drug-likeness (QED) is 0.335. The Kier molecular flexibility index (Phi) is 14.8. The van der Waals surface area contributed by atoms with Crippen LogP contribution in [0.2, 0.25) is 0 Å². The van der Waals surface area contributed by atoms with E-state index in [1.807, 2.05) is 27.7 Å². The van der Waals surface area contributed by atoms with Gasteiger partial charge in [-0.25, -0.2) is 8.78 Å². The highest BCUT2D eigenvalue weighted by molar-refractivity contribution is 5.99. The van der Waals surface area contributed by atoms with Crippen LogP contribution >= 0.6 is 12.4 Å². The van der Waals surface area contributed by atoms with Crippen molar-refractivity contribution in [3.05, 3.63) is 70.8 Å². The summed E-state index contributed by atoms with van der Waals surface area (Å²) >= 11 is 0. The molecule has 0 unspecified atom stereocenters. The van der Waals surface area contributed by atoms with Gasteiger partial charge in [0.05, 0.1) is 12.1 Å². The van der Waals surface area contributed by atoms with Gasteiger partial charge in [-0.05, 0) is 68.0 Å². The highest BCUT2D eigenvalue weighted by Crippen LogP contribution is 2.14. The maximum absolute atomic E-state index is 13.9. The first-order chi connectivity index (χ1) is 18.4. The van der Waals surface area contributed by atoms with Crippen molar-refractivity contribution in [3.63, 3.8) is 0 Å². The molecule has 0 aliphatic heterocycles. The first-order valence-electron chi connectivity index (χ1n) is 13.6. The lowest BCUT2D eigenvalue weighted by Gasteiger charge is -2.31. The summed E-state index contributed by atoms with van der Waals surface area (Å²) < 4.78 is 27.9. The van der Waals surface area contributed by atoms with Crippen molar-refractivity contribution < 1.29 is 23.2 Å². The first kappa shape index (κ1) is 35.0. The number of nitrogens with zero attached hydrogens (tertiary/aromatic N) is 2. The van der Waals surface area contributed by atoms with Crippen molar-refractivity contribution in [1.82, 2.24) is 15.1 Å². The summed E-state index contributed by atoms with van der Waals surface area (Å²) in [5.74, 6) is -2.21. The third-order valence-electron chi connectivity index (χ3n) is 6.11. The zero-order chi connectivity index (χ0) is 29.1. The van der Waals surface area contributed by atoms with Crippen LogP contribution in [0.1, 0.15) is 73.7 Å². The van der Waals surface area contributed by atoms with Gasteiger partial charge in [0.1, 0.15) is 11.6 Å². The molecule has 7 nitrogen and oxygen atoms in total. The molecule has 2 aromatic rings. The van der Waals surface area contributed by atoms with Crippen LogP contribution in [0.15, 0.2) is 42.5 Å². The van der Waals surface area contributed by atoms with Crippen LogP contribution in [0.3, 0.4) is 0 Å². The van der Waals surface area contributed by atoms with Crippen LogP contribution in [-0.4, -0.2) is 65.8 Å². The zero-order valence-electron chi connectivity index (χ0n) is 24.1. The van der Waals surface area contributed by atoms with E-state index >= 15 is 0 Å². The summed E-state index contributed by atoms with van der Waals surface area (Å²) in [6.07, 6.45) is 1.73. The Labute approximate surface area is 242 Å². The second-order valence-corrected chi connectivity index (χ2v) is 10.5. The number of nitrogens with one attached hydrogen (secondary N) is 1. The van der Waals surface area contributed by atoms with Gasteiger partial charge < -0.3 is 20.9 Å². The van der Waals surface area contributed by atoms with Gasteiger partial charge >= 0.3 is 0 Å². The lowest BCUT2D eigenvalue weighted by atomic mass is 10.0. The molecule has 10 heteroatoms. The Morgan fingerprint density at radius 1 is 0.875 bits per heavy atom. The molecular weight excluding hydrogens is 538 g/mol. The fraction of sp³-hybridized carbons (Fsp3) is 0.500. The van der Waals surface area contributed by atoms with Crippen molar-refractivity contribution in [2.75, 3.05) is 26.2 Å². The lowest BCUT2D eigenvalue weighted by Crippen LogP contribution is -2.51. The highest BCUT2D eigenvalue weighted by Gasteiger charge is 2.25. The minimum absolute atomic E-state index is 0. The zero-order valence-corrected chi connectivity index (χ0v) is 24.9. The van der Waals surface area contributed by atoms with Crippen LogP contribution in [-0.2, 0) is 11.2 Å². The molecule has 0 aromatic heterocycles. The number of nitrogens with two attached hydrogens (primary N) is 1. The van der Waals surface area contributed by atoms with E-state index < -0.39 is 29.6 Å². The van der Waals surface area contributed by atoms with Crippen LogP contribution in [0.4, 0.5) is 8.78 Å². The Hall–Kier alpha value is -3.04. The summed E-state index contributed by atoms with van der Waals surface area (Å²) in [5.41, 5.74) is 6.89. The van der Waals surface area contributed by atoms with E-state index in [2.05, 4.69) is 5.32 Å². The minimum atomic E-state index is -0.747. The molecule has 3 amide bonds. The van der Waals surface area contributed by atoms with E-state index in [0.717, 1.165) is 18.9 Å². The molecule has 3 N–H and O–H groups in total. The second kappa shape index (κ2) is 16.9. The highest BCUT2D eigenvalue weighted by atomic mass is 35.5. The molecule has 0 saturated carbocycles. The molecule has 2 rings (SSSR count). The van der Waals surface area contributed by atoms with E-state index in [4.69, 9.17) is 5.73 Å². The van der Waals surface area contributed by atoms with E-state index in [-0.39, 0.29) is 48.7 Å². The predicted molar refractivity (Wildman–Crippen MR) is 157 cm³/mol. The lowest BCUT2D eigenvalue weighted by molar-refractivity contribution is -0.133. The molecule has 0 aliphatic rings. The molecule has 222 valence electrons. The minimum Gasteiger partial charge on any atom is -0.347 e. The first-order valence-corrected chi connectivity index (χ1v) is 13.6. The Bertz CT molecular complexity index is 1100. The average molecular weight is 581 g/mol. The average Bonchev–Trinajstić information content (AvgIpc) is 2.86. The number of carbonyl (C=O) groups is 3. The molecule has 2 aromatic carbocycles. The van der Waals surface area contributed by atoms with Gasteiger partial charge in [0, 0.05) is 43.4 Å². The number of amides is 3. The molecule has 0 spiro atoms. The van der Waals surface area contributed by atoms with Gasteiger partial charge in [0.25, 0.3) is 11.8 Å². The van der Waals surface area contributed by atoms with E-state index in [1.54, 1.807) is 41.0 Å². The smallest absolute Gasteiger partial charge is 0.253 e. The standard InChI is InChI=1S/C30H42F2N4O3.ClH/c1-6-11-35(12-7-2)30(39)24-10-8-9-23(16-24)28(37)34-27(15-22-13-25(31)17-26(32)14-22)19-36(18-20(3)4)29(38)21(5)33;/h8-10,13-14,16-17,20-21,27H,6-7,11-12,15,18-19,33H2,1-5H3,(H,34,37);1H/t21-,27-;/m0./s1. The van der Waals surface area contributed by atoms with Gasteiger partial charge in [-0.2, -0.15) is 0 Å². The topological polar surface area (TPSA) is 95.7 Å². The van der Waals surface area contributed by atoms with Gasteiger partial charge in [-0.15, -0.1) is 12.4 Å². The molecular formula is C30H43ClF2N4O3. The molecule has 40 heavy (non-hydrogen) atoms. The van der Waals surface area contributed by atoms with Crippen molar-refractivity contribution in [1.29, 1.82) is 0 Å². The van der Waals surface area contributed by atoms with Crippen LogP contribution in [0, 0.1) is 17.6 Å². The molecule has 0 fully saturated rings. The van der Waals surface area contributed by atoms with Gasteiger partial charge in [-0.1, -0.05) is 33.8 Å². The number of carbonyl (C=O) groups excluding carboxylic acids is 3. The van der Waals surface area contributed by atoms with Gasteiger partial charge in [0.2, 0.25) is 5.91 Å². The number of hydrogen-bond donors (Lipinski definition) is 2. The monoisotopic (exact) mass is 580 g/mol. The third kappa shape index (κ3) is 10.8. The van der Waals surface area contributed by atoms with Crippen LogP contribution in [0.5, 0.6) is 0 Å². The fourth-order valence-corrected chi connectivity index (χ4v) is 4.52. The summed E-state index contributed by atoms with van der Waals surface area (Å²) in [6.45, 7) is 11.3. The molecule has 0 heterocycles. The largest absolute Gasteiger partial charge is 0.347 e. The number of hydrogen-bond acceptors (Lipinski definition) is 4. The van der Waals surface area contributed by atoms with Crippen molar-refractivity contribution in [2.24, 2.45) is 11.7 Å².